The lowest BCUT2D eigenvalue weighted by molar-refractivity contribution is -0.149. The number of rotatable bonds is 3. The van der Waals surface area contributed by atoms with Crippen LogP contribution in [0.2, 0.25) is 0 Å². The summed E-state index contributed by atoms with van der Waals surface area (Å²) in [6.07, 6.45) is 2.45. The normalized spacial score (nSPS) is 18.4. The molecule has 1 N–H and O–H groups in total. The Balaban J connectivity index is 2.21. The molecule has 5 nitrogen and oxygen atoms in total. The van der Waals surface area contributed by atoms with E-state index in [2.05, 4.69) is 0 Å². The summed E-state index contributed by atoms with van der Waals surface area (Å²) in [6, 6.07) is 4.24. The molecular weight excluding hydrogens is 270 g/mol. The second-order valence-corrected chi connectivity index (χ2v) is 5.26. The van der Waals surface area contributed by atoms with Gasteiger partial charge in [-0.25, -0.2) is 4.79 Å². The van der Waals surface area contributed by atoms with E-state index in [-0.39, 0.29) is 17.6 Å². The van der Waals surface area contributed by atoms with Gasteiger partial charge >= 0.3 is 5.97 Å². The number of ether oxygens (including phenoxy) is 1. The van der Waals surface area contributed by atoms with Gasteiger partial charge in [0.2, 0.25) is 0 Å². The predicted octanol–water partition coefficient (Wildman–Crippen LogP) is 2.26. The molecule has 21 heavy (non-hydrogen) atoms. The van der Waals surface area contributed by atoms with Crippen LogP contribution in [0, 0.1) is 6.92 Å². The van der Waals surface area contributed by atoms with Crippen molar-refractivity contribution in [1.82, 2.24) is 4.90 Å². The van der Waals surface area contributed by atoms with Crippen LogP contribution in [0.3, 0.4) is 0 Å². The molecule has 0 radical (unpaired) electrons. The minimum Gasteiger partial charge on any atom is -0.508 e. The molecule has 1 unspecified atom stereocenters. The average Bonchev–Trinajstić information content (AvgIpc) is 2.49. The molecule has 1 amide bonds. The topological polar surface area (TPSA) is 66.8 Å². The fraction of sp³-hybridized carbons (Fsp3) is 0.500. The Morgan fingerprint density at radius 3 is 2.81 bits per heavy atom. The Kier molecular flexibility index (Phi) is 4.83. The fourth-order valence-corrected chi connectivity index (χ4v) is 2.61. The standard InChI is InChI=1S/C16H21NO4/c1-3-21-16(20)13-6-4-5-9-17(13)15(19)12-7-8-14(18)11(2)10-12/h7-8,10,13,18H,3-6,9H2,1-2H3. The molecule has 1 saturated heterocycles. The molecule has 1 aliphatic heterocycles. The van der Waals surface area contributed by atoms with Gasteiger partial charge in [0.05, 0.1) is 6.61 Å². The number of carbonyl (C=O) groups excluding carboxylic acids is 2. The number of amides is 1. The number of phenolic OH excluding ortho intramolecular Hbond substituents is 1. The van der Waals surface area contributed by atoms with Crippen LogP contribution < -0.4 is 0 Å². The molecule has 1 atom stereocenters. The molecule has 0 bridgehead atoms. The number of aromatic hydroxyl groups is 1. The van der Waals surface area contributed by atoms with Gasteiger partial charge in [-0.2, -0.15) is 0 Å². The van der Waals surface area contributed by atoms with Gasteiger partial charge in [-0.05, 0) is 56.9 Å². The predicted molar refractivity (Wildman–Crippen MR) is 78.2 cm³/mol. The number of phenols is 1. The average molecular weight is 291 g/mol. The third kappa shape index (κ3) is 3.35. The molecule has 1 aromatic rings. The summed E-state index contributed by atoms with van der Waals surface area (Å²) in [6.45, 7) is 4.37. The second kappa shape index (κ2) is 6.61. The molecule has 1 heterocycles. The van der Waals surface area contributed by atoms with Crippen molar-refractivity contribution >= 4 is 11.9 Å². The van der Waals surface area contributed by atoms with Crippen molar-refractivity contribution in [3.05, 3.63) is 29.3 Å². The van der Waals surface area contributed by atoms with E-state index in [1.807, 2.05) is 0 Å². The third-order valence-electron chi connectivity index (χ3n) is 3.77. The van der Waals surface area contributed by atoms with Crippen molar-refractivity contribution in [1.29, 1.82) is 0 Å². The van der Waals surface area contributed by atoms with Crippen molar-refractivity contribution < 1.29 is 19.4 Å². The maximum atomic E-state index is 12.6. The summed E-state index contributed by atoms with van der Waals surface area (Å²) >= 11 is 0. The summed E-state index contributed by atoms with van der Waals surface area (Å²) in [4.78, 5) is 26.2. The Morgan fingerprint density at radius 1 is 1.38 bits per heavy atom. The first kappa shape index (κ1) is 15.4. The molecule has 2 rings (SSSR count). The highest BCUT2D eigenvalue weighted by molar-refractivity contribution is 5.97. The van der Waals surface area contributed by atoms with E-state index >= 15 is 0 Å². The second-order valence-electron chi connectivity index (χ2n) is 5.26. The number of benzene rings is 1. The summed E-state index contributed by atoms with van der Waals surface area (Å²) in [5.41, 5.74) is 1.13. The smallest absolute Gasteiger partial charge is 0.328 e. The van der Waals surface area contributed by atoms with Crippen LogP contribution in [0.15, 0.2) is 18.2 Å². The minimum absolute atomic E-state index is 0.159. The lowest BCUT2D eigenvalue weighted by atomic mass is 10.00. The van der Waals surface area contributed by atoms with E-state index in [0.717, 1.165) is 12.8 Å². The maximum Gasteiger partial charge on any atom is 0.328 e. The van der Waals surface area contributed by atoms with Crippen LogP contribution in [0.5, 0.6) is 5.75 Å². The number of hydrogen-bond acceptors (Lipinski definition) is 4. The number of hydrogen-bond donors (Lipinski definition) is 1. The van der Waals surface area contributed by atoms with Crippen LogP contribution in [-0.4, -0.2) is 41.1 Å². The van der Waals surface area contributed by atoms with E-state index in [1.165, 1.54) is 6.07 Å². The molecule has 0 saturated carbocycles. The van der Waals surface area contributed by atoms with Crippen molar-refractivity contribution in [3.8, 4) is 5.75 Å². The highest BCUT2D eigenvalue weighted by atomic mass is 16.5. The molecular formula is C16H21NO4. The van der Waals surface area contributed by atoms with Crippen LogP contribution in [0.4, 0.5) is 0 Å². The highest BCUT2D eigenvalue weighted by Gasteiger charge is 2.33. The Hall–Kier alpha value is -2.04. The van der Waals surface area contributed by atoms with Gasteiger partial charge in [-0.1, -0.05) is 0 Å². The summed E-state index contributed by atoms with van der Waals surface area (Å²) < 4.78 is 5.07. The lowest BCUT2D eigenvalue weighted by Crippen LogP contribution is -2.48. The summed E-state index contributed by atoms with van der Waals surface area (Å²) in [5.74, 6) is -0.357. The van der Waals surface area contributed by atoms with E-state index in [0.29, 0.717) is 30.7 Å². The third-order valence-corrected chi connectivity index (χ3v) is 3.77. The zero-order valence-electron chi connectivity index (χ0n) is 12.5. The van der Waals surface area contributed by atoms with Gasteiger partial charge < -0.3 is 14.7 Å². The zero-order chi connectivity index (χ0) is 15.4. The first-order valence-corrected chi connectivity index (χ1v) is 7.31. The van der Waals surface area contributed by atoms with Crippen molar-refractivity contribution in [2.24, 2.45) is 0 Å². The number of aryl methyl sites for hydroxylation is 1. The molecule has 0 aliphatic carbocycles. The molecule has 1 aliphatic rings. The molecule has 0 aromatic heterocycles. The van der Waals surface area contributed by atoms with Crippen LogP contribution in [0.25, 0.3) is 0 Å². The fourth-order valence-electron chi connectivity index (χ4n) is 2.61. The van der Waals surface area contributed by atoms with E-state index in [9.17, 15) is 14.7 Å². The first-order valence-electron chi connectivity index (χ1n) is 7.31. The quantitative estimate of drug-likeness (QED) is 0.867. The number of likely N-dealkylation sites (tertiary alicyclic amines) is 1. The van der Waals surface area contributed by atoms with E-state index in [4.69, 9.17) is 4.74 Å². The minimum atomic E-state index is -0.500. The van der Waals surface area contributed by atoms with Gasteiger partial charge in [-0.3, -0.25) is 4.79 Å². The number of esters is 1. The Bertz CT molecular complexity index is 541. The highest BCUT2D eigenvalue weighted by Crippen LogP contribution is 2.23. The summed E-state index contributed by atoms with van der Waals surface area (Å²) in [5, 5.41) is 9.55. The van der Waals surface area contributed by atoms with Crippen molar-refractivity contribution in [2.45, 2.75) is 39.2 Å². The first-order chi connectivity index (χ1) is 10.0. The van der Waals surface area contributed by atoms with Crippen LogP contribution >= 0.6 is 0 Å². The maximum absolute atomic E-state index is 12.6. The number of piperidine rings is 1. The van der Waals surface area contributed by atoms with Gasteiger partial charge in [0.15, 0.2) is 0 Å². The zero-order valence-corrected chi connectivity index (χ0v) is 12.5. The monoisotopic (exact) mass is 291 g/mol. The van der Waals surface area contributed by atoms with E-state index in [1.54, 1.807) is 30.9 Å². The Morgan fingerprint density at radius 2 is 2.14 bits per heavy atom. The molecule has 1 fully saturated rings. The Labute approximate surface area is 124 Å². The summed E-state index contributed by atoms with van der Waals surface area (Å²) in [7, 11) is 0. The molecule has 1 aromatic carbocycles. The van der Waals surface area contributed by atoms with Crippen LogP contribution in [-0.2, 0) is 9.53 Å². The number of carbonyl (C=O) groups is 2. The van der Waals surface area contributed by atoms with Crippen molar-refractivity contribution in [2.75, 3.05) is 13.2 Å². The van der Waals surface area contributed by atoms with Gasteiger partial charge in [0.1, 0.15) is 11.8 Å². The van der Waals surface area contributed by atoms with Gasteiger partial charge in [0.25, 0.3) is 5.91 Å². The molecule has 0 spiro atoms. The number of nitrogens with zero attached hydrogens (tertiary/aromatic N) is 1. The largest absolute Gasteiger partial charge is 0.508 e. The van der Waals surface area contributed by atoms with Crippen molar-refractivity contribution in [3.63, 3.8) is 0 Å². The van der Waals surface area contributed by atoms with Gasteiger partial charge in [0, 0.05) is 12.1 Å². The SMILES string of the molecule is CCOC(=O)C1CCCCN1C(=O)c1ccc(O)c(C)c1. The van der Waals surface area contributed by atoms with Crippen LogP contribution in [0.1, 0.15) is 42.1 Å². The van der Waals surface area contributed by atoms with E-state index < -0.39 is 6.04 Å². The lowest BCUT2D eigenvalue weighted by Gasteiger charge is -2.34. The van der Waals surface area contributed by atoms with Gasteiger partial charge in [-0.15, -0.1) is 0 Å². The molecule has 114 valence electrons. The molecule has 5 heteroatoms.